The highest BCUT2D eigenvalue weighted by atomic mass is 32.3. The first kappa shape index (κ1) is 14.9. The lowest BCUT2D eigenvalue weighted by molar-refractivity contribution is 0.244. The van der Waals surface area contributed by atoms with E-state index in [1.54, 1.807) is 0 Å². The maximum atomic E-state index is 12.0. The summed E-state index contributed by atoms with van der Waals surface area (Å²) in [5.74, 6) is 0. The first-order chi connectivity index (χ1) is 7.76. The normalized spacial score (nSPS) is 23.8. The fraction of sp³-hybridized carbons (Fsp3) is 1.00. The van der Waals surface area contributed by atoms with Crippen molar-refractivity contribution < 1.29 is 16.8 Å². The van der Waals surface area contributed by atoms with Gasteiger partial charge in [0.2, 0.25) is 10.0 Å². The van der Waals surface area contributed by atoms with Gasteiger partial charge in [0.05, 0.1) is 0 Å². The molecule has 17 heavy (non-hydrogen) atoms. The van der Waals surface area contributed by atoms with Crippen LogP contribution in [0.25, 0.3) is 0 Å². The van der Waals surface area contributed by atoms with Gasteiger partial charge < -0.3 is 5.73 Å². The summed E-state index contributed by atoms with van der Waals surface area (Å²) >= 11 is 0. The zero-order valence-electron chi connectivity index (χ0n) is 10.0. The lowest BCUT2D eigenvalue weighted by Gasteiger charge is -2.34. The van der Waals surface area contributed by atoms with E-state index in [9.17, 15) is 16.8 Å². The van der Waals surface area contributed by atoms with Crippen molar-refractivity contribution in [2.45, 2.75) is 31.7 Å². The van der Waals surface area contributed by atoms with Crippen molar-refractivity contribution in [2.24, 2.45) is 5.73 Å². The molecule has 0 saturated carbocycles. The van der Waals surface area contributed by atoms with E-state index >= 15 is 0 Å². The number of sulfonamides is 1. The number of hydrogen-bond acceptors (Lipinski definition) is 5. The Bertz CT molecular complexity index is 442. The SMILES string of the molecule is CS(=O)(=O)CS(=O)(=O)N1CCCCC1CCN. The molecule has 1 fully saturated rings. The average molecular weight is 284 g/mol. The highest BCUT2D eigenvalue weighted by Crippen LogP contribution is 2.23. The fourth-order valence-corrected chi connectivity index (χ4v) is 5.94. The summed E-state index contributed by atoms with van der Waals surface area (Å²) in [5, 5.41) is -0.804. The Balaban J connectivity index is 2.87. The zero-order valence-corrected chi connectivity index (χ0v) is 11.6. The van der Waals surface area contributed by atoms with Crippen LogP contribution in [0.4, 0.5) is 0 Å². The minimum atomic E-state index is -3.72. The third-order valence-electron chi connectivity index (χ3n) is 2.79. The summed E-state index contributed by atoms with van der Waals surface area (Å²) in [5.41, 5.74) is 5.45. The summed E-state index contributed by atoms with van der Waals surface area (Å²) in [6.45, 7) is 0.818. The largest absolute Gasteiger partial charge is 0.330 e. The Kier molecular flexibility index (Phi) is 4.94. The molecule has 1 atom stereocenters. The van der Waals surface area contributed by atoms with E-state index in [0.29, 0.717) is 19.5 Å². The van der Waals surface area contributed by atoms with Gasteiger partial charge in [-0.2, -0.15) is 4.31 Å². The van der Waals surface area contributed by atoms with Gasteiger partial charge in [-0.25, -0.2) is 16.8 Å². The Morgan fingerprint density at radius 3 is 2.41 bits per heavy atom. The van der Waals surface area contributed by atoms with Crippen molar-refractivity contribution in [1.82, 2.24) is 4.31 Å². The first-order valence-corrected chi connectivity index (χ1v) is 9.30. The molecule has 1 rings (SSSR count). The summed E-state index contributed by atoms with van der Waals surface area (Å²) in [4.78, 5) is 0. The van der Waals surface area contributed by atoms with Gasteiger partial charge in [0.15, 0.2) is 14.9 Å². The molecule has 8 heteroatoms. The predicted molar refractivity (Wildman–Crippen MR) is 66.6 cm³/mol. The second kappa shape index (κ2) is 5.64. The third-order valence-corrected chi connectivity index (χ3v) is 6.89. The molecular formula is C9H20N2O4S2. The first-order valence-electron chi connectivity index (χ1n) is 5.63. The van der Waals surface area contributed by atoms with Crippen LogP contribution in [-0.2, 0) is 19.9 Å². The van der Waals surface area contributed by atoms with E-state index in [0.717, 1.165) is 25.5 Å². The highest BCUT2D eigenvalue weighted by Gasteiger charge is 2.33. The van der Waals surface area contributed by atoms with Gasteiger partial charge in [-0.05, 0) is 25.8 Å². The van der Waals surface area contributed by atoms with Gasteiger partial charge in [0, 0.05) is 18.8 Å². The molecule has 6 nitrogen and oxygen atoms in total. The molecule has 0 aromatic heterocycles. The highest BCUT2D eigenvalue weighted by molar-refractivity contribution is 8.06. The molecule has 1 aliphatic rings. The Morgan fingerprint density at radius 2 is 1.88 bits per heavy atom. The topological polar surface area (TPSA) is 97.5 Å². The van der Waals surface area contributed by atoms with E-state index < -0.39 is 24.9 Å². The van der Waals surface area contributed by atoms with E-state index in [2.05, 4.69) is 0 Å². The molecule has 2 N–H and O–H groups in total. The van der Waals surface area contributed by atoms with E-state index in [-0.39, 0.29) is 6.04 Å². The fourth-order valence-electron chi connectivity index (χ4n) is 2.16. The van der Waals surface area contributed by atoms with Gasteiger partial charge in [-0.3, -0.25) is 0 Å². The molecule has 1 saturated heterocycles. The molecule has 0 radical (unpaired) electrons. The van der Waals surface area contributed by atoms with Gasteiger partial charge in [0.1, 0.15) is 0 Å². The number of piperidine rings is 1. The van der Waals surface area contributed by atoms with E-state index in [4.69, 9.17) is 5.73 Å². The van der Waals surface area contributed by atoms with E-state index in [1.807, 2.05) is 0 Å². The van der Waals surface area contributed by atoms with Crippen LogP contribution in [0.2, 0.25) is 0 Å². The van der Waals surface area contributed by atoms with Crippen molar-refractivity contribution in [2.75, 3.05) is 24.4 Å². The van der Waals surface area contributed by atoms with Gasteiger partial charge in [-0.1, -0.05) is 6.42 Å². The summed E-state index contributed by atoms with van der Waals surface area (Å²) in [6, 6.07) is -0.138. The van der Waals surface area contributed by atoms with Crippen molar-refractivity contribution in [3.8, 4) is 0 Å². The van der Waals surface area contributed by atoms with Crippen LogP contribution >= 0.6 is 0 Å². The smallest absolute Gasteiger partial charge is 0.228 e. The zero-order chi connectivity index (χ0) is 13.1. The number of hydrogen-bond donors (Lipinski definition) is 1. The summed E-state index contributed by atoms with van der Waals surface area (Å²) in [7, 11) is -7.25. The van der Waals surface area contributed by atoms with Crippen LogP contribution in [0.3, 0.4) is 0 Å². The van der Waals surface area contributed by atoms with Gasteiger partial charge in [-0.15, -0.1) is 0 Å². The van der Waals surface area contributed by atoms with Crippen molar-refractivity contribution in [1.29, 1.82) is 0 Å². The molecule has 102 valence electrons. The van der Waals surface area contributed by atoms with Crippen LogP contribution in [0.1, 0.15) is 25.7 Å². The molecule has 1 heterocycles. The lowest BCUT2D eigenvalue weighted by Crippen LogP contribution is -2.46. The van der Waals surface area contributed by atoms with Crippen molar-refractivity contribution >= 4 is 19.9 Å². The summed E-state index contributed by atoms with van der Waals surface area (Å²) < 4.78 is 47.6. The van der Waals surface area contributed by atoms with Gasteiger partial charge in [0.25, 0.3) is 0 Å². The molecule has 1 unspecified atom stereocenters. The third kappa shape index (κ3) is 4.53. The Morgan fingerprint density at radius 1 is 1.24 bits per heavy atom. The monoisotopic (exact) mass is 284 g/mol. The molecule has 0 spiro atoms. The predicted octanol–water partition coefficient (Wildman–Crippen LogP) is -0.478. The molecule has 0 amide bonds. The van der Waals surface area contributed by atoms with Crippen molar-refractivity contribution in [3.05, 3.63) is 0 Å². The van der Waals surface area contributed by atoms with Crippen LogP contribution in [0, 0.1) is 0 Å². The standard InChI is InChI=1S/C9H20N2O4S2/c1-16(12,13)8-17(14,15)11-7-3-2-4-9(11)5-6-10/h9H,2-8,10H2,1H3. The van der Waals surface area contributed by atoms with Crippen LogP contribution in [0.5, 0.6) is 0 Å². The van der Waals surface area contributed by atoms with Crippen LogP contribution in [-0.4, -0.2) is 51.6 Å². The molecule has 0 bridgehead atoms. The Hall–Kier alpha value is -0.180. The lowest BCUT2D eigenvalue weighted by atomic mass is 10.0. The molecule has 0 aliphatic carbocycles. The Labute approximate surface area is 103 Å². The minimum Gasteiger partial charge on any atom is -0.330 e. The minimum absolute atomic E-state index is 0.138. The summed E-state index contributed by atoms with van der Waals surface area (Å²) in [6.07, 6.45) is 4.04. The molecule has 1 aliphatic heterocycles. The number of rotatable bonds is 5. The van der Waals surface area contributed by atoms with E-state index in [1.165, 1.54) is 4.31 Å². The van der Waals surface area contributed by atoms with Crippen LogP contribution < -0.4 is 5.73 Å². The van der Waals surface area contributed by atoms with Gasteiger partial charge >= 0.3 is 0 Å². The second-order valence-corrected chi connectivity index (χ2v) is 8.92. The van der Waals surface area contributed by atoms with Crippen molar-refractivity contribution in [3.63, 3.8) is 0 Å². The number of sulfone groups is 1. The number of nitrogens with zero attached hydrogens (tertiary/aromatic N) is 1. The second-order valence-electron chi connectivity index (χ2n) is 4.49. The van der Waals surface area contributed by atoms with Crippen LogP contribution in [0.15, 0.2) is 0 Å². The molecule has 0 aromatic carbocycles. The maximum Gasteiger partial charge on any atom is 0.228 e. The quantitative estimate of drug-likeness (QED) is 0.735. The molecular weight excluding hydrogens is 264 g/mol. The maximum absolute atomic E-state index is 12.0. The molecule has 0 aromatic rings. The average Bonchev–Trinajstić information content (AvgIpc) is 2.15. The number of nitrogens with two attached hydrogens (primary N) is 1.